The molecule has 3 aromatic heterocycles. The quantitative estimate of drug-likeness (QED) is 0.781. The van der Waals surface area contributed by atoms with Gasteiger partial charge in [-0.2, -0.15) is 5.10 Å². The van der Waals surface area contributed by atoms with Crippen molar-refractivity contribution in [2.45, 2.75) is 30.6 Å². The third-order valence-corrected chi connectivity index (χ3v) is 4.48. The fourth-order valence-electron chi connectivity index (χ4n) is 2.24. The maximum Gasteiger partial charge on any atom is 0.201 e. The van der Waals surface area contributed by atoms with Crippen molar-refractivity contribution in [3.8, 4) is 0 Å². The molecular formula is C14H18N6S. The van der Waals surface area contributed by atoms with Crippen LogP contribution in [0, 0.1) is 6.92 Å². The van der Waals surface area contributed by atoms with Gasteiger partial charge in [0.05, 0.1) is 5.69 Å². The highest BCUT2D eigenvalue weighted by atomic mass is 32.2. The predicted octanol–water partition coefficient (Wildman–Crippen LogP) is 2.03. The van der Waals surface area contributed by atoms with Crippen LogP contribution in [0.15, 0.2) is 34.6 Å². The maximum atomic E-state index is 4.52. The van der Waals surface area contributed by atoms with E-state index in [2.05, 4.69) is 27.5 Å². The first-order valence-corrected chi connectivity index (χ1v) is 7.73. The zero-order valence-electron chi connectivity index (χ0n) is 12.4. The molecule has 0 unspecified atom stereocenters. The molecule has 1 N–H and O–H groups in total. The van der Waals surface area contributed by atoms with E-state index in [-0.39, 0.29) is 0 Å². The van der Waals surface area contributed by atoms with Crippen molar-refractivity contribution >= 4 is 17.4 Å². The summed E-state index contributed by atoms with van der Waals surface area (Å²) in [5, 5.41) is 18.3. The van der Waals surface area contributed by atoms with Gasteiger partial charge in [0.1, 0.15) is 5.03 Å². The highest BCUT2D eigenvalue weighted by molar-refractivity contribution is 7.99. The van der Waals surface area contributed by atoms with Gasteiger partial charge in [0.25, 0.3) is 0 Å². The van der Waals surface area contributed by atoms with Gasteiger partial charge in [0, 0.05) is 25.4 Å². The molecule has 7 heteroatoms. The van der Waals surface area contributed by atoms with Crippen LogP contribution >= 0.6 is 11.8 Å². The van der Waals surface area contributed by atoms with Crippen LogP contribution in [0.2, 0.25) is 0 Å². The summed E-state index contributed by atoms with van der Waals surface area (Å²) in [7, 11) is 1.97. The predicted molar refractivity (Wildman–Crippen MR) is 82.4 cm³/mol. The number of hydrogen-bond acceptors (Lipinski definition) is 5. The Morgan fingerprint density at radius 2 is 2.14 bits per heavy atom. The molecule has 0 aromatic carbocycles. The molecule has 0 saturated carbocycles. The van der Waals surface area contributed by atoms with E-state index in [1.165, 1.54) is 5.56 Å². The van der Waals surface area contributed by atoms with Gasteiger partial charge >= 0.3 is 0 Å². The average molecular weight is 302 g/mol. The summed E-state index contributed by atoms with van der Waals surface area (Å²) in [6.45, 7) is 5.89. The Morgan fingerprint density at radius 1 is 1.29 bits per heavy atom. The lowest BCUT2D eigenvalue weighted by Crippen LogP contribution is -2.12. The van der Waals surface area contributed by atoms with Crippen LogP contribution in [-0.4, -0.2) is 30.9 Å². The van der Waals surface area contributed by atoms with E-state index in [0.29, 0.717) is 0 Å². The van der Waals surface area contributed by atoms with Crippen LogP contribution < -0.4 is 5.32 Å². The summed E-state index contributed by atoms with van der Waals surface area (Å²) in [6, 6.07) is 5.89. The smallest absolute Gasteiger partial charge is 0.201 e. The summed E-state index contributed by atoms with van der Waals surface area (Å²) in [4.78, 5) is 0. The van der Waals surface area contributed by atoms with Crippen LogP contribution in [0.25, 0.3) is 5.65 Å². The molecule has 3 aromatic rings. The second-order valence-electron chi connectivity index (χ2n) is 4.79. The fraction of sp³-hybridized carbons (Fsp3) is 0.357. The first kappa shape index (κ1) is 14.1. The van der Waals surface area contributed by atoms with Crippen molar-refractivity contribution in [1.82, 2.24) is 29.7 Å². The van der Waals surface area contributed by atoms with Crippen LogP contribution in [0.1, 0.15) is 18.2 Å². The van der Waals surface area contributed by atoms with Crippen LogP contribution in [0.4, 0.5) is 0 Å². The number of pyridine rings is 1. The second-order valence-corrected chi connectivity index (χ2v) is 5.74. The minimum Gasteiger partial charge on any atom is -0.313 e. The number of fused-ring (bicyclic) bond motifs is 1. The topological polar surface area (TPSA) is 60.0 Å². The van der Waals surface area contributed by atoms with Gasteiger partial charge in [-0.25, -0.2) is 0 Å². The van der Waals surface area contributed by atoms with E-state index in [9.17, 15) is 0 Å². The van der Waals surface area contributed by atoms with Gasteiger partial charge < -0.3 is 5.32 Å². The first-order valence-electron chi connectivity index (χ1n) is 6.91. The fourth-order valence-corrected chi connectivity index (χ4v) is 3.26. The van der Waals surface area contributed by atoms with E-state index in [0.717, 1.165) is 34.6 Å². The van der Waals surface area contributed by atoms with Crippen molar-refractivity contribution in [2.24, 2.45) is 7.05 Å². The molecule has 0 fully saturated rings. The molecule has 0 saturated heterocycles. The Hall–Kier alpha value is -1.86. The van der Waals surface area contributed by atoms with E-state index < -0.39 is 0 Å². The largest absolute Gasteiger partial charge is 0.313 e. The van der Waals surface area contributed by atoms with Gasteiger partial charge in [-0.1, -0.05) is 13.0 Å². The van der Waals surface area contributed by atoms with Crippen molar-refractivity contribution in [3.63, 3.8) is 0 Å². The van der Waals surface area contributed by atoms with E-state index >= 15 is 0 Å². The van der Waals surface area contributed by atoms with Crippen LogP contribution in [0.3, 0.4) is 0 Å². The molecule has 0 spiro atoms. The molecule has 6 nitrogen and oxygen atoms in total. The number of aromatic nitrogens is 5. The zero-order valence-corrected chi connectivity index (χ0v) is 13.2. The number of nitrogens with one attached hydrogen (secondary N) is 1. The minimum absolute atomic E-state index is 0.815. The third kappa shape index (κ3) is 2.66. The molecule has 0 radical (unpaired) electrons. The van der Waals surface area contributed by atoms with Crippen LogP contribution in [-0.2, 0) is 13.6 Å². The molecule has 0 atom stereocenters. The number of nitrogens with zero attached hydrogens (tertiary/aromatic N) is 5. The summed E-state index contributed by atoms with van der Waals surface area (Å²) < 4.78 is 3.90. The monoisotopic (exact) mass is 302 g/mol. The maximum absolute atomic E-state index is 4.52. The second kappa shape index (κ2) is 5.87. The normalized spacial score (nSPS) is 11.4. The summed E-state index contributed by atoms with van der Waals surface area (Å²) in [6.07, 6.45) is 1.98. The molecule has 0 aliphatic carbocycles. The lowest BCUT2D eigenvalue weighted by Gasteiger charge is -2.06. The Balaban J connectivity index is 1.97. The zero-order chi connectivity index (χ0) is 14.8. The molecule has 21 heavy (non-hydrogen) atoms. The van der Waals surface area contributed by atoms with Gasteiger partial charge in [-0.3, -0.25) is 9.08 Å². The van der Waals surface area contributed by atoms with Gasteiger partial charge in [-0.15, -0.1) is 10.2 Å². The molecule has 0 bridgehead atoms. The summed E-state index contributed by atoms with van der Waals surface area (Å²) >= 11 is 1.60. The highest BCUT2D eigenvalue weighted by Crippen LogP contribution is 2.30. The number of aryl methyl sites for hydroxylation is 2. The lowest BCUT2D eigenvalue weighted by atomic mass is 10.2. The van der Waals surface area contributed by atoms with Crippen molar-refractivity contribution in [2.75, 3.05) is 6.54 Å². The van der Waals surface area contributed by atoms with Gasteiger partial charge in [-0.05, 0) is 37.4 Å². The molecule has 110 valence electrons. The Labute approximate surface area is 127 Å². The van der Waals surface area contributed by atoms with Gasteiger partial charge in [0.15, 0.2) is 5.65 Å². The van der Waals surface area contributed by atoms with Crippen LogP contribution in [0.5, 0.6) is 0 Å². The van der Waals surface area contributed by atoms with Crippen molar-refractivity contribution in [3.05, 3.63) is 35.7 Å². The SMILES string of the molecule is CCNCc1c(C)nn(C)c1Sc1nnc2ccccn12. The molecule has 0 aliphatic rings. The summed E-state index contributed by atoms with van der Waals surface area (Å²) in [5.74, 6) is 0. The molecule has 0 aliphatic heterocycles. The Morgan fingerprint density at radius 3 is 2.95 bits per heavy atom. The Kier molecular flexibility index (Phi) is 3.94. The van der Waals surface area contributed by atoms with Gasteiger partial charge in [0.2, 0.25) is 5.16 Å². The number of hydrogen-bond donors (Lipinski definition) is 1. The van der Waals surface area contributed by atoms with E-state index in [4.69, 9.17) is 0 Å². The summed E-state index contributed by atoms with van der Waals surface area (Å²) in [5.41, 5.74) is 3.12. The highest BCUT2D eigenvalue weighted by Gasteiger charge is 2.16. The molecule has 3 rings (SSSR count). The molecule has 0 amide bonds. The van der Waals surface area contributed by atoms with E-state index in [1.807, 2.05) is 47.4 Å². The molecule has 3 heterocycles. The standard InChI is InChI=1S/C14H18N6S/c1-4-15-9-11-10(2)18-19(3)13(11)21-14-17-16-12-7-5-6-8-20(12)14/h5-8,15H,4,9H2,1-3H3. The van der Waals surface area contributed by atoms with E-state index in [1.54, 1.807) is 11.8 Å². The minimum atomic E-state index is 0.815. The van der Waals surface area contributed by atoms with Crippen molar-refractivity contribution < 1.29 is 0 Å². The number of rotatable bonds is 5. The lowest BCUT2D eigenvalue weighted by molar-refractivity contribution is 0.672. The first-order chi connectivity index (χ1) is 10.2. The molecular weight excluding hydrogens is 284 g/mol. The average Bonchev–Trinajstić information content (AvgIpc) is 3.00. The Bertz CT molecular complexity index is 760. The van der Waals surface area contributed by atoms with Crippen molar-refractivity contribution in [1.29, 1.82) is 0 Å². The third-order valence-electron chi connectivity index (χ3n) is 3.31.